The van der Waals surface area contributed by atoms with Gasteiger partial charge in [0.2, 0.25) is 5.89 Å². The number of carbonyl (C=O) groups excluding carboxylic acids is 1. The molecule has 1 fully saturated rings. The lowest BCUT2D eigenvalue weighted by Gasteiger charge is -2.15. The zero-order valence-corrected chi connectivity index (χ0v) is 7.91. The van der Waals surface area contributed by atoms with Crippen LogP contribution < -0.4 is 11.1 Å². The van der Waals surface area contributed by atoms with Crippen LogP contribution in [-0.4, -0.2) is 29.1 Å². The van der Waals surface area contributed by atoms with Crippen molar-refractivity contribution in [3.8, 4) is 0 Å². The zero-order chi connectivity index (χ0) is 10.2. The van der Waals surface area contributed by atoms with Gasteiger partial charge < -0.3 is 15.6 Å². The molecule has 1 unspecified atom stereocenters. The number of amides is 1. The van der Waals surface area contributed by atoms with E-state index in [1.807, 2.05) is 6.92 Å². The fourth-order valence-corrected chi connectivity index (χ4v) is 1.57. The first-order valence-corrected chi connectivity index (χ1v) is 4.46. The normalized spacial score (nSPS) is 26.6. The van der Waals surface area contributed by atoms with Gasteiger partial charge in [0.25, 0.3) is 11.7 Å². The highest BCUT2D eigenvalue weighted by atomic mass is 16.5. The number of nitrogens with two attached hydrogens (primary N) is 1. The van der Waals surface area contributed by atoms with E-state index < -0.39 is 5.91 Å². The van der Waals surface area contributed by atoms with E-state index >= 15 is 0 Å². The second-order valence-corrected chi connectivity index (χ2v) is 3.77. The molecule has 0 aliphatic carbocycles. The summed E-state index contributed by atoms with van der Waals surface area (Å²) in [5.41, 5.74) is 4.86. The van der Waals surface area contributed by atoms with E-state index in [1.165, 1.54) is 0 Å². The average molecular weight is 196 g/mol. The van der Waals surface area contributed by atoms with Crippen LogP contribution in [0.2, 0.25) is 0 Å². The molecule has 6 nitrogen and oxygen atoms in total. The molecule has 0 radical (unpaired) electrons. The van der Waals surface area contributed by atoms with Crippen molar-refractivity contribution in [2.24, 2.45) is 5.73 Å². The van der Waals surface area contributed by atoms with Gasteiger partial charge in [0.05, 0.1) is 5.41 Å². The smallest absolute Gasteiger partial charge is 0.290 e. The Morgan fingerprint density at radius 3 is 3.00 bits per heavy atom. The van der Waals surface area contributed by atoms with Crippen molar-refractivity contribution in [2.75, 3.05) is 13.1 Å². The monoisotopic (exact) mass is 196 g/mol. The molecule has 14 heavy (non-hydrogen) atoms. The van der Waals surface area contributed by atoms with Crippen LogP contribution in [0.5, 0.6) is 0 Å². The van der Waals surface area contributed by atoms with Gasteiger partial charge in [-0.25, -0.2) is 0 Å². The molecule has 0 aromatic carbocycles. The van der Waals surface area contributed by atoms with Gasteiger partial charge in [-0.2, -0.15) is 4.98 Å². The topological polar surface area (TPSA) is 94.0 Å². The third-order valence-corrected chi connectivity index (χ3v) is 2.53. The Balaban J connectivity index is 2.28. The Morgan fingerprint density at radius 1 is 1.71 bits per heavy atom. The molecule has 0 spiro atoms. The highest BCUT2D eigenvalue weighted by Gasteiger charge is 2.36. The molecular weight excluding hydrogens is 184 g/mol. The Bertz CT molecular complexity index is 354. The van der Waals surface area contributed by atoms with Crippen molar-refractivity contribution in [1.82, 2.24) is 15.5 Å². The van der Waals surface area contributed by atoms with Crippen LogP contribution in [-0.2, 0) is 5.41 Å². The van der Waals surface area contributed by atoms with Crippen molar-refractivity contribution in [3.63, 3.8) is 0 Å². The van der Waals surface area contributed by atoms with Crippen LogP contribution in [0.25, 0.3) is 0 Å². The summed E-state index contributed by atoms with van der Waals surface area (Å²) in [5, 5.41) is 6.72. The van der Waals surface area contributed by atoms with Gasteiger partial charge in [-0.1, -0.05) is 5.16 Å². The summed E-state index contributed by atoms with van der Waals surface area (Å²) < 4.78 is 5.01. The second kappa shape index (κ2) is 3.06. The van der Waals surface area contributed by atoms with Gasteiger partial charge in [-0.05, 0) is 19.9 Å². The van der Waals surface area contributed by atoms with Crippen LogP contribution >= 0.6 is 0 Å². The summed E-state index contributed by atoms with van der Waals surface area (Å²) in [7, 11) is 0. The maximum absolute atomic E-state index is 10.8. The molecule has 1 atom stereocenters. The first kappa shape index (κ1) is 9.14. The SMILES string of the molecule is CC1(c2nc(C(N)=O)no2)CCNC1. The Labute approximate surface area is 80.9 Å². The Morgan fingerprint density at radius 2 is 2.50 bits per heavy atom. The molecule has 2 rings (SSSR count). The zero-order valence-electron chi connectivity index (χ0n) is 7.91. The number of primary amides is 1. The van der Waals surface area contributed by atoms with E-state index in [9.17, 15) is 4.79 Å². The van der Waals surface area contributed by atoms with Crippen LogP contribution in [0.4, 0.5) is 0 Å². The van der Waals surface area contributed by atoms with Crippen LogP contribution in [0, 0.1) is 0 Å². The van der Waals surface area contributed by atoms with Crippen molar-refractivity contribution < 1.29 is 9.32 Å². The number of hydrogen-bond acceptors (Lipinski definition) is 5. The molecule has 1 aliphatic heterocycles. The van der Waals surface area contributed by atoms with Gasteiger partial charge in [0, 0.05) is 6.54 Å². The predicted molar refractivity (Wildman–Crippen MR) is 47.7 cm³/mol. The van der Waals surface area contributed by atoms with Crippen molar-refractivity contribution in [2.45, 2.75) is 18.8 Å². The molecule has 1 saturated heterocycles. The predicted octanol–water partition coefficient (Wildman–Crippen LogP) is -0.580. The van der Waals surface area contributed by atoms with E-state index in [1.54, 1.807) is 0 Å². The third-order valence-electron chi connectivity index (χ3n) is 2.53. The number of hydrogen-bond donors (Lipinski definition) is 2. The quantitative estimate of drug-likeness (QED) is 0.660. The van der Waals surface area contributed by atoms with Gasteiger partial charge in [0.1, 0.15) is 0 Å². The standard InChI is InChI=1S/C8H12N4O2/c1-8(2-3-10-4-8)7-11-6(5(9)13)12-14-7/h10H,2-4H2,1H3,(H2,9,13). The molecule has 1 aliphatic rings. The van der Waals surface area contributed by atoms with Gasteiger partial charge in [0.15, 0.2) is 0 Å². The number of nitrogens with one attached hydrogen (secondary N) is 1. The minimum absolute atomic E-state index is 0.0480. The molecule has 1 amide bonds. The van der Waals surface area contributed by atoms with Gasteiger partial charge in [-0.3, -0.25) is 4.79 Å². The molecule has 76 valence electrons. The highest BCUT2D eigenvalue weighted by molar-refractivity contribution is 5.88. The van der Waals surface area contributed by atoms with E-state index in [0.29, 0.717) is 5.89 Å². The van der Waals surface area contributed by atoms with Crippen molar-refractivity contribution >= 4 is 5.91 Å². The number of carbonyl (C=O) groups is 1. The molecule has 0 bridgehead atoms. The summed E-state index contributed by atoms with van der Waals surface area (Å²) in [6, 6.07) is 0. The fraction of sp³-hybridized carbons (Fsp3) is 0.625. The van der Waals surface area contributed by atoms with E-state index in [0.717, 1.165) is 19.5 Å². The van der Waals surface area contributed by atoms with Crippen LogP contribution in [0.3, 0.4) is 0 Å². The third kappa shape index (κ3) is 1.37. The highest BCUT2D eigenvalue weighted by Crippen LogP contribution is 2.28. The summed E-state index contributed by atoms with van der Waals surface area (Å²) in [6.07, 6.45) is 0.924. The summed E-state index contributed by atoms with van der Waals surface area (Å²) >= 11 is 0. The van der Waals surface area contributed by atoms with E-state index in [-0.39, 0.29) is 11.2 Å². The minimum atomic E-state index is -0.658. The molecule has 2 heterocycles. The Kier molecular flexibility index (Phi) is 1.99. The molecule has 0 saturated carbocycles. The van der Waals surface area contributed by atoms with E-state index in [2.05, 4.69) is 15.5 Å². The molecular formula is C8H12N4O2. The van der Waals surface area contributed by atoms with Crippen LogP contribution in [0.1, 0.15) is 29.9 Å². The molecule has 3 N–H and O–H groups in total. The Hall–Kier alpha value is -1.43. The number of rotatable bonds is 2. The average Bonchev–Trinajstić information content (AvgIpc) is 2.71. The number of aromatic nitrogens is 2. The van der Waals surface area contributed by atoms with E-state index in [4.69, 9.17) is 10.3 Å². The van der Waals surface area contributed by atoms with Gasteiger partial charge in [-0.15, -0.1) is 0 Å². The van der Waals surface area contributed by atoms with Crippen molar-refractivity contribution in [1.29, 1.82) is 0 Å². The summed E-state index contributed by atoms with van der Waals surface area (Å²) in [4.78, 5) is 14.7. The fourth-order valence-electron chi connectivity index (χ4n) is 1.57. The first-order chi connectivity index (χ1) is 6.62. The molecule has 6 heteroatoms. The summed E-state index contributed by atoms with van der Waals surface area (Å²) in [6.45, 7) is 3.73. The summed E-state index contributed by atoms with van der Waals surface area (Å²) in [5.74, 6) is -0.223. The first-order valence-electron chi connectivity index (χ1n) is 4.46. The largest absolute Gasteiger partial charge is 0.363 e. The maximum Gasteiger partial charge on any atom is 0.290 e. The second-order valence-electron chi connectivity index (χ2n) is 3.77. The molecule has 1 aromatic heterocycles. The van der Waals surface area contributed by atoms with Gasteiger partial charge >= 0.3 is 0 Å². The minimum Gasteiger partial charge on any atom is -0.363 e. The maximum atomic E-state index is 10.8. The lowest BCUT2D eigenvalue weighted by molar-refractivity contribution is 0.0987. The molecule has 1 aromatic rings. The van der Waals surface area contributed by atoms with Crippen LogP contribution in [0.15, 0.2) is 4.52 Å². The lowest BCUT2D eigenvalue weighted by atomic mass is 9.90. The van der Waals surface area contributed by atoms with Crippen molar-refractivity contribution in [3.05, 3.63) is 11.7 Å². The number of nitrogens with zero attached hydrogens (tertiary/aromatic N) is 2. The lowest BCUT2D eigenvalue weighted by Crippen LogP contribution is -2.25.